The summed E-state index contributed by atoms with van der Waals surface area (Å²) < 4.78 is 24.3. The zero-order valence-corrected chi connectivity index (χ0v) is 14.8. The van der Waals surface area contributed by atoms with Gasteiger partial charge in [-0.2, -0.15) is 0 Å². The van der Waals surface area contributed by atoms with Gasteiger partial charge in [-0.05, 0) is 36.7 Å². The van der Waals surface area contributed by atoms with Crippen molar-refractivity contribution in [2.24, 2.45) is 0 Å². The average molecular weight is 359 g/mol. The fourth-order valence-corrected chi connectivity index (χ4v) is 3.93. The van der Waals surface area contributed by atoms with Crippen LogP contribution < -0.4 is 10.3 Å². The topological polar surface area (TPSA) is 78.5 Å². The van der Waals surface area contributed by atoms with Crippen molar-refractivity contribution in [1.29, 1.82) is 0 Å². The van der Waals surface area contributed by atoms with E-state index in [0.717, 1.165) is 18.5 Å². The second kappa shape index (κ2) is 7.35. The minimum Gasteiger partial charge on any atom is -0.299 e. The molecule has 1 atom stereocenters. The molecule has 2 N–H and O–H groups in total. The number of hydrazine groups is 1. The van der Waals surface area contributed by atoms with Gasteiger partial charge in [-0.1, -0.05) is 42.5 Å². The van der Waals surface area contributed by atoms with E-state index in [1.165, 1.54) is 17.7 Å². The maximum Gasteiger partial charge on any atom is 0.257 e. The Labute approximate surface area is 147 Å². The van der Waals surface area contributed by atoms with Crippen LogP contribution in [0.5, 0.6) is 0 Å². The Morgan fingerprint density at radius 3 is 2.56 bits per heavy atom. The second-order valence-corrected chi connectivity index (χ2v) is 7.80. The van der Waals surface area contributed by atoms with Gasteiger partial charge in [0.2, 0.25) is 5.91 Å². The van der Waals surface area contributed by atoms with Crippen LogP contribution in [-0.2, 0) is 21.2 Å². The van der Waals surface area contributed by atoms with Crippen molar-refractivity contribution in [3.05, 3.63) is 65.7 Å². The van der Waals surface area contributed by atoms with Gasteiger partial charge < -0.3 is 0 Å². The molecule has 7 heteroatoms. The van der Waals surface area contributed by atoms with Crippen molar-refractivity contribution in [1.82, 2.24) is 15.2 Å². The average Bonchev–Trinajstić information content (AvgIpc) is 2.63. The number of fused-ring (bicyclic) bond motifs is 1. The van der Waals surface area contributed by atoms with Gasteiger partial charge in [0.25, 0.3) is 10.0 Å². The number of sulfonamides is 1. The number of hydrogen-bond donors (Lipinski definition) is 2. The summed E-state index contributed by atoms with van der Waals surface area (Å²) in [5.74, 6) is -0.368. The summed E-state index contributed by atoms with van der Waals surface area (Å²) in [5.41, 5.74) is 4.68. The maximum absolute atomic E-state index is 12.3. The Morgan fingerprint density at radius 1 is 1.12 bits per heavy atom. The van der Waals surface area contributed by atoms with Crippen LogP contribution in [0.15, 0.2) is 59.5 Å². The first-order valence-corrected chi connectivity index (χ1v) is 9.59. The van der Waals surface area contributed by atoms with Gasteiger partial charge in [-0.25, -0.2) is 8.42 Å². The van der Waals surface area contributed by atoms with Crippen molar-refractivity contribution in [2.45, 2.75) is 23.8 Å². The third kappa shape index (κ3) is 4.07. The van der Waals surface area contributed by atoms with Gasteiger partial charge >= 0.3 is 0 Å². The minimum absolute atomic E-state index is 0.0637. The van der Waals surface area contributed by atoms with E-state index in [0.29, 0.717) is 0 Å². The summed E-state index contributed by atoms with van der Waals surface area (Å²) in [6.45, 7) is 0.866. The number of rotatable bonds is 5. The highest BCUT2D eigenvalue weighted by molar-refractivity contribution is 7.89. The Bertz CT molecular complexity index is 853. The van der Waals surface area contributed by atoms with E-state index >= 15 is 0 Å². The number of carbonyl (C=O) groups excluding carboxylic acids is 1. The standard InChI is InChI=1S/C18H21N3O3S/c1-21-12-11-14-7-5-6-10-16(14)17(21)13-18(22)19-20-25(23,24)15-8-3-2-4-9-15/h2-10,17,20H,11-13H2,1H3,(H,19,22). The molecule has 0 saturated heterocycles. The van der Waals surface area contributed by atoms with E-state index in [-0.39, 0.29) is 23.3 Å². The lowest BCUT2D eigenvalue weighted by Gasteiger charge is -2.34. The fourth-order valence-electron chi connectivity index (χ4n) is 3.05. The van der Waals surface area contributed by atoms with Crippen LogP contribution in [0, 0.1) is 0 Å². The summed E-state index contributed by atoms with van der Waals surface area (Å²) in [6.07, 6.45) is 1.14. The molecule has 0 saturated carbocycles. The van der Waals surface area contributed by atoms with Crippen molar-refractivity contribution in [3.8, 4) is 0 Å². The van der Waals surface area contributed by atoms with Crippen molar-refractivity contribution < 1.29 is 13.2 Å². The van der Waals surface area contributed by atoms with Crippen LogP contribution >= 0.6 is 0 Å². The summed E-state index contributed by atoms with van der Waals surface area (Å²) in [7, 11) is -1.79. The monoisotopic (exact) mass is 359 g/mol. The smallest absolute Gasteiger partial charge is 0.257 e. The van der Waals surface area contributed by atoms with Crippen LogP contribution in [0.3, 0.4) is 0 Å². The van der Waals surface area contributed by atoms with Gasteiger partial charge in [-0.15, -0.1) is 4.83 Å². The molecule has 3 rings (SSSR count). The van der Waals surface area contributed by atoms with E-state index in [4.69, 9.17) is 0 Å². The molecule has 1 heterocycles. The molecule has 0 fully saturated rings. The summed E-state index contributed by atoms with van der Waals surface area (Å²) in [4.78, 5) is 16.7. The zero-order chi connectivity index (χ0) is 17.9. The Balaban J connectivity index is 1.65. The third-order valence-electron chi connectivity index (χ3n) is 4.44. The molecule has 0 aliphatic carbocycles. The molecule has 6 nitrogen and oxygen atoms in total. The molecule has 25 heavy (non-hydrogen) atoms. The molecule has 1 amide bonds. The number of likely N-dealkylation sites (N-methyl/N-ethyl adjacent to an activating group) is 1. The molecule has 2 aromatic carbocycles. The Hall–Kier alpha value is -2.22. The third-order valence-corrected chi connectivity index (χ3v) is 5.70. The van der Waals surface area contributed by atoms with Crippen molar-refractivity contribution in [2.75, 3.05) is 13.6 Å². The van der Waals surface area contributed by atoms with Crippen LogP contribution in [0.4, 0.5) is 0 Å². The highest BCUT2D eigenvalue weighted by Gasteiger charge is 2.27. The Kier molecular flexibility index (Phi) is 5.17. The maximum atomic E-state index is 12.3. The molecule has 132 valence electrons. The van der Waals surface area contributed by atoms with E-state index < -0.39 is 10.0 Å². The number of amides is 1. The lowest BCUT2D eigenvalue weighted by Crippen LogP contribution is -2.43. The molecule has 0 bridgehead atoms. The zero-order valence-electron chi connectivity index (χ0n) is 14.0. The molecular formula is C18H21N3O3S. The van der Waals surface area contributed by atoms with Crippen LogP contribution in [-0.4, -0.2) is 32.8 Å². The molecule has 2 aromatic rings. The number of hydrogen-bond acceptors (Lipinski definition) is 4. The largest absolute Gasteiger partial charge is 0.299 e. The molecule has 0 aromatic heterocycles. The Morgan fingerprint density at radius 2 is 1.80 bits per heavy atom. The van der Waals surface area contributed by atoms with Gasteiger partial charge in [-0.3, -0.25) is 15.1 Å². The first-order chi connectivity index (χ1) is 12.0. The molecule has 1 unspecified atom stereocenters. The van der Waals surface area contributed by atoms with Crippen molar-refractivity contribution in [3.63, 3.8) is 0 Å². The van der Waals surface area contributed by atoms with Crippen LogP contribution in [0.2, 0.25) is 0 Å². The second-order valence-electron chi connectivity index (χ2n) is 6.12. The molecule has 1 aliphatic rings. The summed E-state index contributed by atoms with van der Waals surface area (Å²) in [6, 6.07) is 15.9. The van der Waals surface area contributed by atoms with Gasteiger partial charge in [0, 0.05) is 19.0 Å². The first kappa shape index (κ1) is 17.6. The highest BCUT2D eigenvalue weighted by Crippen LogP contribution is 2.30. The SMILES string of the molecule is CN1CCc2ccccc2C1CC(=O)NNS(=O)(=O)c1ccccc1. The first-order valence-electron chi connectivity index (χ1n) is 8.11. The summed E-state index contributed by atoms with van der Waals surface area (Å²) in [5, 5.41) is 0. The molecular weight excluding hydrogens is 338 g/mol. The van der Waals surface area contributed by atoms with E-state index in [9.17, 15) is 13.2 Å². The molecule has 0 radical (unpaired) electrons. The van der Waals surface area contributed by atoms with Crippen LogP contribution in [0.1, 0.15) is 23.6 Å². The van der Waals surface area contributed by atoms with Gasteiger partial charge in [0.15, 0.2) is 0 Å². The van der Waals surface area contributed by atoms with E-state index in [2.05, 4.69) is 21.2 Å². The van der Waals surface area contributed by atoms with E-state index in [1.54, 1.807) is 18.2 Å². The highest BCUT2D eigenvalue weighted by atomic mass is 32.2. The lowest BCUT2D eigenvalue weighted by molar-refractivity contribution is -0.122. The number of nitrogens with one attached hydrogen (secondary N) is 2. The minimum atomic E-state index is -3.77. The quantitative estimate of drug-likeness (QED) is 0.795. The van der Waals surface area contributed by atoms with E-state index in [1.807, 2.05) is 25.2 Å². The van der Waals surface area contributed by atoms with Gasteiger partial charge in [0.05, 0.1) is 4.90 Å². The predicted octanol–water partition coefficient (Wildman–Crippen LogP) is 1.62. The predicted molar refractivity (Wildman–Crippen MR) is 95.0 cm³/mol. The van der Waals surface area contributed by atoms with Gasteiger partial charge in [0.1, 0.15) is 0 Å². The molecule has 1 aliphatic heterocycles. The summed E-state index contributed by atoms with van der Waals surface area (Å²) >= 11 is 0. The molecule has 0 spiro atoms. The van der Waals surface area contributed by atoms with Crippen molar-refractivity contribution >= 4 is 15.9 Å². The van der Waals surface area contributed by atoms with Crippen LogP contribution in [0.25, 0.3) is 0 Å². The fraction of sp³-hybridized carbons (Fsp3) is 0.278. The number of nitrogens with zero attached hydrogens (tertiary/aromatic N) is 1. The number of carbonyl (C=O) groups is 1. The normalized spacial score (nSPS) is 17.7. The lowest BCUT2D eigenvalue weighted by atomic mass is 9.91. The number of benzene rings is 2.